The van der Waals surface area contributed by atoms with Gasteiger partial charge in [0.25, 0.3) is 0 Å². The van der Waals surface area contributed by atoms with Gasteiger partial charge in [0.15, 0.2) is 17.4 Å². The summed E-state index contributed by atoms with van der Waals surface area (Å²) >= 11 is 0. The lowest BCUT2D eigenvalue weighted by Gasteiger charge is -2.07. The molecular weight excluding hydrogens is 340 g/mol. The molecular formula is C22H24N2O3. The molecule has 0 N–H and O–H groups in total. The highest BCUT2D eigenvalue weighted by molar-refractivity contribution is 5.98. The first-order valence-corrected chi connectivity index (χ1v) is 9.30. The van der Waals surface area contributed by atoms with Gasteiger partial charge >= 0.3 is 0 Å². The van der Waals surface area contributed by atoms with E-state index in [1.807, 2.05) is 42.5 Å². The fraction of sp³-hybridized carbons (Fsp3) is 0.318. The molecule has 5 nitrogen and oxygen atoms in total. The minimum absolute atomic E-state index is 0.139. The zero-order valence-corrected chi connectivity index (χ0v) is 15.6. The van der Waals surface area contributed by atoms with Crippen LogP contribution in [0.2, 0.25) is 0 Å². The molecule has 140 valence electrons. The number of aryl methyl sites for hydroxylation is 1. The Hall–Kier alpha value is -2.95. The van der Waals surface area contributed by atoms with E-state index in [-0.39, 0.29) is 5.78 Å². The number of methoxy groups -OCH3 is 1. The lowest BCUT2D eigenvalue weighted by atomic mass is 10.0. The predicted molar refractivity (Wildman–Crippen MR) is 104 cm³/mol. The van der Waals surface area contributed by atoms with Crippen molar-refractivity contribution in [2.24, 2.45) is 0 Å². The van der Waals surface area contributed by atoms with Crippen LogP contribution >= 0.6 is 0 Å². The Morgan fingerprint density at radius 1 is 1.00 bits per heavy atom. The number of ether oxygens (including phenoxy) is 1. The van der Waals surface area contributed by atoms with Crippen molar-refractivity contribution in [2.75, 3.05) is 7.11 Å². The monoisotopic (exact) mass is 364 g/mol. The summed E-state index contributed by atoms with van der Waals surface area (Å²) in [6.07, 6.45) is 8.73. The molecule has 0 aliphatic carbocycles. The van der Waals surface area contributed by atoms with E-state index >= 15 is 0 Å². The van der Waals surface area contributed by atoms with E-state index in [1.54, 1.807) is 19.5 Å². The van der Waals surface area contributed by atoms with Crippen LogP contribution < -0.4 is 4.74 Å². The first kappa shape index (κ1) is 18.8. The number of unbranched alkanes of at least 4 members (excludes halogenated alkanes) is 3. The van der Waals surface area contributed by atoms with E-state index in [4.69, 9.17) is 9.15 Å². The van der Waals surface area contributed by atoms with E-state index in [0.29, 0.717) is 23.5 Å². The number of pyridine rings is 1. The molecule has 0 fully saturated rings. The Labute approximate surface area is 159 Å². The number of oxazole rings is 1. The summed E-state index contributed by atoms with van der Waals surface area (Å²) in [6.45, 7) is 0. The molecule has 0 saturated heterocycles. The highest BCUT2D eigenvalue weighted by Crippen LogP contribution is 2.21. The Morgan fingerprint density at radius 2 is 1.81 bits per heavy atom. The van der Waals surface area contributed by atoms with Crippen molar-refractivity contribution in [1.29, 1.82) is 0 Å². The van der Waals surface area contributed by atoms with E-state index in [9.17, 15) is 4.79 Å². The van der Waals surface area contributed by atoms with Gasteiger partial charge in [-0.15, -0.1) is 0 Å². The zero-order chi connectivity index (χ0) is 18.9. The summed E-state index contributed by atoms with van der Waals surface area (Å²) in [7, 11) is 1.59. The van der Waals surface area contributed by atoms with E-state index < -0.39 is 0 Å². The topological polar surface area (TPSA) is 65.2 Å². The average molecular weight is 364 g/mol. The van der Waals surface area contributed by atoms with Crippen molar-refractivity contribution in [3.63, 3.8) is 0 Å². The number of carbonyl (C=O) groups excluding carboxylic acids is 1. The van der Waals surface area contributed by atoms with Crippen molar-refractivity contribution in [3.05, 3.63) is 66.3 Å². The van der Waals surface area contributed by atoms with Gasteiger partial charge in [-0.1, -0.05) is 31.0 Å². The third-order valence-corrected chi connectivity index (χ3v) is 4.42. The zero-order valence-electron chi connectivity index (χ0n) is 15.6. The summed E-state index contributed by atoms with van der Waals surface area (Å²) in [6, 6.07) is 13.1. The van der Waals surface area contributed by atoms with Gasteiger partial charge in [-0.25, -0.2) is 4.98 Å². The largest absolute Gasteiger partial charge is 0.496 e. The van der Waals surface area contributed by atoms with Crippen LogP contribution in [-0.4, -0.2) is 22.9 Å². The molecule has 0 unspecified atom stereocenters. The molecule has 5 heteroatoms. The Kier molecular flexibility index (Phi) is 6.74. The molecule has 0 spiro atoms. The number of rotatable bonds is 10. The summed E-state index contributed by atoms with van der Waals surface area (Å²) in [5.41, 5.74) is 1.47. The van der Waals surface area contributed by atoms with Gasteiger partial charge in [-0.2, -0.15) is 0 Å². The van der Waals surface area contributed by atoms with Crippen LogP contribution in [-0.2, 0) is 6.42 Å². The maximum Gasteiger partial charge on any atom is 0.194 e. The van der Waals surface area contributed by atoms with Crippen molar-refractivity contribution in [2.45, 2.75) is 38.5 Å². The fourth-order valence-corrected chi connectivity index (χ4v) is 2.98. The number of carbonyl (C=O) groups is 1. The number of benzene rings is 1. The van der Waals surface area contributed by atoms with Crippen LogP contribution in [0.15, 0.2) is 59.3 Å². The molecule has 0 aliphatic rings. The standard InChI is InChI=1S/C22H24N2O3/c1-26-20-13-7-6-10-17(20)19(25)12-4-2-3-5-14-22-24-16-21(27-22)18-11-8-9-15-23-18/h6-11,13,15-16H,2-5,12,14H2,1H3. The Morgan fingerprint density at radius 3 is 2.63 bits per heavy atom. The minimum atomic E-state index is 0.139. The summed E-state index contributed by atoms with van der Waals surface area (Å²) < 4.78 is 11.0. The maximum atomic E-state index is 12.3. The molecule has 2 heterocycles. The molecule has 0 atom stereocenters. The quantitative estimate of drug-likeness (QED) is 0.369. The lowest BCUT2D eigenvalue weighted by molar-refractivity contribution is 0.0976. The lowest BCUT2D eigenvalue weighted by Crippen LogP contribution is -2.02. The number of aromatic nitrogens is 2. The van der Waals surface area contributed by atoms with Gasteiger partial charge in [0, 0.05) is 19.0 Å². The highest BCUT2D eigenvalue weighted by Gasteiger charge is 2.11. The van der Waals surface area contributed by atoms with Gasteiger partial charge in [0.2, 0.25) is 0 Å². The molecule has 27 heavy (non-hydrogen) atoms. The molecule has 3 aromatic rings. The fourth-order valence-electron chi connectivity index (χ4n) is 2.98. The van der Waals surface area contributed by atoms with E-state index in [2.05, 4.69) is 9.97 Å². The van der Waals surface area contributed by atoms with E-state index in [1.165, 1.54) is 0 Å². The van der Waals surface area contributed by atoms with Crippen LogP contribution in [0.25, 0.3) is 11.5 Å². The van der Waals surface area contributed by atoms with E-state index in [0.717, 1.165) is 43.7 Å². The summed E-state index contributed by atoms with van der Waals surface area (Å²) in [4.78, 5) is 20.9. The molecule has 3 rings (SSSR count). The number of Topliss-reactive ketones (excluding diaryl/α,β-unsaturated/α-hetero) is 1. The van der Waals surface area contributed by atoms with Gasteiger partial charge in [0.1, 0.15) is 11.4 Å². The summed E-state index contributed by atoms with van der Waals surface area (Å²) in [5, 5.41) is 0. The normalized spacial score (nSPS) is 10.7. The van der Waals surface area contributed by atoms with Crippen molar-refractivity contribution >= 4 is 5.78 Å². The number of para-hydroxylation sites is 1. The second-order valence-electron chi connectivity index (χ2n) is 6.37. The SMILES string of the molecule is COc1ccccc1C(=O)CCCCCCc1ncc(-c2ccccn2)o1. The van der Waals surface area contributed by atoms with Crippen LogP contribution in [0, 0.1) is 0 Å². The van der Waals surface area contributed by atoms with Crippen LogP contribution in [0.3, 0.4) is 0 Å². The third kappa shape index (κ3) is 5.26. The second-order valence-corrected chi connectivity index (χ2v) is 6.37. The molecule has 0 aliphatic heterocycles. The molecule has 2 aromatic heterocycles. The molecule has 0 bridgehead atoms. The van der Waals surface area contributed by atoms with Gasteiger partial charge in [0.05, 0.1) is 18.9 Å². The van der Waals surface area contributed by atoms with Gasteiger partial charge < -0.3 is 9.15 Å². The Balaban J connectivity index is 1.36. The highest BCUT2D eigenvalue weighted by atomic mass is 16.5. The average Bonchev–Trinajstić information content (AvgIpc) is 3.20. The van der Waals surface area contributed by atoms with Gasteiger partial charge in [-0.3, -0.25) is 9.78 Å². The third-order valence-electron chi connectivity index (χ3n) is 4.42. The van der Waals surface area contributed by atoms with Gasteiger partial charge in [-0.05, 0) is 37.1 Å². The predicted octanol–water partition coefficient (Wildman–Crippen LogP) is 5.12. The number of hydrogen-bond donors (Lipinski definition) is 0. The number of ketones is 1. The van der Waals surface area contributed by atoms with Crippen LogP contribution in [0.4, 0.5) is 0 Å². The smallest absolute Gasteiger partial charge is 0.194 e. The van der Waals surface area contributed by atoms with Crippen LogP contribution in [0.1, 0.15) is 48.4 Å². The van der Waals surface area contributed by atoms with Crippen molar-refractivity contribution < 1.29 is 13.9 Å². The molecule has 1 aromatic carbocycles. The first-order valence-electron chi connectivity index (χ1n) is 9.30. The minimum Gasteiger partial charge on any atom is -0.496 e. The number of nitrogens with zero attached hydrogens (tertiary/aromatic N) is 2. The van der Waals surface area contributed by atoms with Crippen molar-refractivity contribution in [3.8, 4) is 17.2 Å². The number of hydrogen-bond acceptors (Lipinski definition) is 5. The summed E-state index contributed by atoms with van der Waals surface area (Å²) in [5.74, 6) is 2.23. The van der Waals surface area contributed by atoms with Crippen LogP contribution in [0.5, 0.6) is 5.75 Å². The Bertz CT molecular complexity index is 859. The molecule has 0 amide bonds. The first-order chi connectivity index (χ1) is 13.3. The molecule has 0 saturated carbocycles. The second kappa shape index (κ2) is 9.67. The van der Waals surface area contributed by atoms with Crippen molar-refractivity contribution in [1.82, 2.24) is 9.97 Å². The molecule has 0 radical (unpaired) electrons. The maximum absolute atomic E-state index is 12.3.